The summed E-state index contributed by atoms with van der Waals surface area (Å²) in [4.78, 5) is 1.28. The van der Waals surface area contributed by atoms with Crippen LogP contribution in [0.2, 0.25) is 4.34 Å². The normalized spacial score (nSPS) is 25.4. The van der Waals surface area contributed by atoms with Gasteiger partial charge in [0.15, 0.2) is 0 Å². The second kappa shape index (κ2) is 7.63. The van der Waals surface area contributed by atoms with Crippen molar-refractivity contribution in [2.24, 2.45) is 17.7 Å². The maximum absolute atomic E-state index is 6.03. The van der Waals surface area contributed by atoms with Gasteiger partial charge in [0.05, 0.1) is 10.4 Å². The molecule has 108 valence electrons. The number of halogens is 1. The van der Waals surface area contributed by atoms with Crippen LogP contribution in [0.15, 0.2) is 12.1 Å². The molecule has 4 heteroatoms. The zero-order valence-corrected chi connectivity index (χ0v) is 13.3. The van der Waals surface area contributed by atoms with E-state index >= 15 is 0 Å². The van der Waals surface area contributed by atoms with Gasteiger partial charge in [0.2, 0.25) is 0 Å². The Balaban J connectivity index is 1.88. The van der Waals surface area contributed by atoms with Gasteiger partial charge in [-0.15, -0.1) is 11.3 Å². The van der Waals surface area contributed by atoms with Gasteiger partial charge in [-0.3, -0.25) is 11.3 Å². The average molecular weight is 301 g/mol. The lowest BCUT2D eigenvalue weighted by molar-refractivity contribution is 0.215. The lowest BCUT2D eigenvalue weighted by atomic mass is 9.76. The summed E-state index contributed by atoms with van der Waals surface area (Å²) in [5.41, 5.74) is 3.01. The third-order valence-electron chi connectivity index (χ3n) is 4.41. The second-order valence-electron chi connectivity index (χ2n) is 5.71. The highest BCUT2D eigenvalue weighted by molar-refractivity contribution is 7.16. The summed E-state index contributed by atoms with van der Waals surface area (Å²) in [6.45, 7) is 2.28. The smallest absolute Gasteiger partial charge is 0.0931 e. The van der Waals surface area contributed by atoms with Gasteiger partial charge in [0, 0.05) is 4.88 Å². The Labute approximate surface area is 125 Å². The van der Waals surface area contributed by atoms with Crippen LogP contribution in [-0.4, -0.2) is 0 Å². The zero-order chi connectivity index (χ0) is 13.7. The molecule has 3 N–H and O–H groups in total. The first kappa shape index (κ1) is 15.3. The summed E-state index contributed by atoms with van der Waals surface area (Å²) in [6.07, 6.45) is 9.42. The molecule has 1 saturated carbocycles. The SMILES string of the molecule is CCCCC1CCC(C(NN)c2ccc(Cl)s2)CC1. The van der Waals surface area contributed by atoms with E-state index in [0.29, 0.717) is 5.92 Å². The fourth-order valence-electron chi connectivity index (χ4n) is 3.25. The van der Waals surface area contributed by atoms with Gasteiger partial charge in [-0.2, -0.15) is 0 Å². The topological polar surface area (TPSA) is 38.0 Å². The first-order valence-corrected chi connectivity index (χ1v) is 8.65. The molecular formula is C15H25ClN2S. The predicted molar refractivity (Wildman–Crippen MR) is 84.4 cm³/mol. The third kappa shape index (κ3) is 4.19. The summed E-state index contributed by atoms with van der Waals surface area (Å²) in [7, 11) is 0. The molecule has 0 aromatic carbocycles. The van der Waals surface area contributed by atoms with E-state index in [0.717, 1.165) is 10.3 Å². The van der Waals surface area contributed by atoms with Crippen LogP contribution in [0.4, 0.5) is 0 Å². The van der Waals surface area contributed by atoms with Crippen LogP contribution in [0.5, 0.6) is 0 Å². The van der Waals surface area contributed by atoms with Crippen molar-refractivity contribution in [3.05, 3.63) is 21.3 Å². The van der Waals surface area contributed by atoms with Crippen molar-refractivity contribution >= 4 is 22.9 Å². The highest BCUT2D eigenvalue weighted by atomic mass is 35.5. The van der Waals surface area contributed by atoms with Gasteiger partial charge in [-0.05, 0) is 36.8 Å². The van der Waals surface area contributed by atoms with Gasteiger partial charge in [0.25, 0.3) is 0 Å². The van der Waals surface area contributed by atoms with E-state index in [2.05, 4.69) is 18.4 Å². The van der Waals surface area contributed by atoms with E-state index in [9.17, 15) is 0 Å². The van der Waals surface area contributed by atoms with Crippen molar-refractivity contribution in [3.8, 4) is 0 Å². The van der Waals surface area contributed by atoms with Crippen LogP contribution in [0, 0.1) is 11.8 Å². The molecule has 1 aromatic rings. The molecule has 0 radical (unpaired) electrons. The van der Waals surface area contributed by atoms with Crippen molar-refractivity contribution in [2.75, 3.05) is 0 Å². The standard InChI is InChI=1S/C15H25ClN2S/c1-2-3-4-11-5-7-12(8-6-11)15(18-17)13-9-10-14(16)19-13/h9-12,15,18H,2-8,17H2,1H3. The fourth-order valence-corrected chi connectivity index (χ4v) is 4.46. The first-order valence-electron chi connectivity index (χ1n) is 7.46. The lowest BCUT2D eigenvalue weighted by Crippen LogP contribution is -2.34. The summed E-state index contributed by atoms with van der Waals surface area (Å²) in [6, 6.07) is 4.36. The minimum atomic E-state index is 0.282. The highest BCUT2D eigenvalue weighted by Crippen LogP contribution is 2.40. The minimum absolute atomic E-state index is 0.282. The molecule has 1 atom stereocenters. The van der Waals surface area contributed by atoms with Crippen LogP contribution in [0.1, 0.15) is 62.8 Å². The molecular weight excluding hydrogens is 276 g/mol. The van der Waals surface area contributed by atoms with Gasteiger partial charge in [-0.25, -0.2) is 0 Å². The number of thiophene rings is 1. The molecule has 19 heavy (non-hydrogen) atoms. The number of nitrogens with two attached hydrogens (primary N) is 1. The predicted octanol–water partition coefficient (Wildman–Crippen LogP) is 4.90. The molecule has 2 nitrogen and oxygen atoms in total. The van der Waals surface area contributed by atoms with Crippen molar-refractivity contribution in [2.45, 2.75) is 57.9 Å². The van der Waals surface area contributed by atoms with Crippen LogP contribution < -0.4 is 11.3 Å². The zero-order valence-electron chi connectivity index (χ0n) is 11.7. The number of hydrazine groups is 1. The molecule has 1 aliphatic carbocycles. The van der Waals surface area contributed by atoms with E-state index < -0.39 is 0 Å². The van der Waals surface area contributed by atoms with Crippen molar-refractivity contribution in [1.82, 2.24) is 5.43 Å². The quantitative estimate of drug-likeness (QED) is 0.579. The first-order chi connectivity index (χ1) is 9.24. The Morgan fingerprint density at radius 2 is 2.11 bits per heavy atom. The summed E-state index contributed by atoms with van der Waals surface area (Å²) in [5.74, 6) is 7.38. The Kier molecular flexibility index (Phi) is 6.14. The number of hydrogen-bond acceptors (Lipinski definition) is 3. The molecule has 0 bridgehead atoms. The average Bonchev–Trinajstić information content (AvgIpc) is 2.85. The van der Waals surface area contributed by atoms with Crippen LogP contribution in [0.3, 0.4) is 0 Å². The molecule has 0 aliphatic heterocycles. The van der Waals surface area contributed by atoms with Crippen molar-refractivity contribution in [3.63, 3.8) is 0 Å². The lowest BCUT2D eigenvalue weighted by Gasteiger charge is -2.33. The maximum atomic E-state index is 6.03. The molecule has 1 heterocycles. The minimum Gasteiger partial charge on any atom is -0.271 e. The molecule has 1 aliphatic rings. The van der Waals surface area contributed by atoms with Crippen LogP contribution >= 0.6 is 22.9 Å². The van der Waals surface area contributed by atoms with Gasteiger partial charge in [-0.1, -0.05) is 50.6 Å². The van der Waals surface area contributed by atoms with E-state index in [4.69, 9.17) is 17.4 Å². The largest absolute Gasteiger partial charge is 0.271 e. The molecule has 1 aromatic heterocycles. The molecule has 0 saturated heterocycles. The molecule has 1 unspecified atom stereocenters. The monoisotopic (exact) mass is 300 g/mol. The number of hydrogen-bond donors (Lipinski definition) is 2. The van der Waals surface area contributed by atoms with Crippen molar-refractivity contribution in [1.29, 1.82) is 0 Å². The number of rotatable bonds is 6. The molecule has 2 rings (SSSR count). The third-order valence-corrected chi connectivity index (χ3v) is 5.72. The van der Waals surface area contributed by atoms with Crippen LogP contribution in [0.25, 0.3) is 0 Å². The Hall–Kier alpha value is -0.0900. The Bertz CT molecular complexity index is 372. The van der Waals surface area contributed by atoms with Crippen molar-refractivity contribution < 1.29 is 0 Å². The van der Waals surface area contributed by atoms with E-state index in [1.165, 1.54) is 49.8 Å². The second-order valence-corrected chi connectivity index (χ2v) is 7.46. The fraction of sp³-hybridized carbons (Fsp3) is 0.733. The van der Waals surface area contributed by atoms with Gasteiger partial charge < -0.3 is 0 Å². The van der Waals surface area contributed by atoms with Gasteiger partial charge in [0.1, 0.15) is 0 Å². The van der Waals surface area contributed by atoms with E-state index in [1.807, 2.05) is 6.07 Å². The summed E-state index contributed by atoms with van der Waals surface area (Å²) < 4.78 is 0.854. The number of nitrogens with one attached hydrogen (secondary N) is 1. The van der Waals surface area contributed by atoms with Gasteiger partial charge >= 0.3 is 0 Å². The summed E-state index contributed by atoms with van der Waals surface area (Å²) >= 11 is 7.68. The maximum Gasteiger partial charge on any atom is 0.0931 e. The summed E-state index contributed by atoms with van der Waals surface area (Å²) in [5, 5.41) is 0. The highest BCUT2D eigenvalue weighted by Gasteiger charge is 2.28. The van der Waals surface area contributed by atoms with E-state index in [-0.39, 0.29) is 6.04 Å². The number of unbranched alkanes of at least 4 members (excludes halogenated alkanes) is 1. The van der Waals surface area contributed by atoms with E-state index in [1.54, 1.807) is 11.3 Å². The Morgan fingerprint density at radius 3 is 2.63 bits per heavy atom. The Morgan fingerprint density at radius 1 is 1.37 bits per heavy atom. The molecule has 0 amide bonds. The van der Waals surface area contributed by atoms with Crippen LogP contribution in [-0.2, 0) is 0 Å². The molecule has 0 spiro atoms. The molecule has 1 fully saturated rings.